The lowest BCUT2D eigenvalue weighted by molar-refractivity contribution is 0.681. The molecule has 2 aliphatic rings. The summed E-state index contributed by atoms with van der Waals surface area (Å²) in [7, 11) is 0. The van der Waals surface area contributed by atoms with E-state index in [9.17, 15) is 0 Å². The van der Waals surface area contributed by atoms with Crippen molar-refractivity contribution >= 4 is 45.4 Å². The van der Waals surface area contributed by atoms with Crippen LogP contribution in [0.5, 0.6) is 0 Å². The molecular weight excluding hydrogens is 499 g/mol. The zero-order valence-corrected chi connectivity index (χ0v) is 18.8. The molecule has 4 heteroatoms. The number of nitrogens with zero attached hydrogens (tertiary/aromatic N) is 2. The molecule has 142 valence electrons. The molecule has 0 N–H and O–H groups in total. The molecule has 1 aromatic heterocycles. The van der Waals surface area contributed by atoms with E-state index in [1.54, 1.807) is 0 Å². The molecule has 0 aliphatic carbocycles. The van der Waals surface area contributed by atoms with Gasteiger partial charge in [-0.05, 0) is 75.7 Å². The second-order valence-electron chi connectivity index (χ2n) is 7.77. The van der Waals surface area contributed by atoms with Gasteiger partial charge < -0.3 is 0 Å². The van der Waals surface area contributed by atoms with E-state index in [4.69, 9.17) is 4.98 Å². The molecule has 0 fully saturated rings. The van der Waals surface area contributed by atoms with Crippen molar-refractivity contribution in [3.63, 3.8) is 0 Å². The summed E-state index contributed by atoms with van der Waals surface area (Å²) in [4.78, 5) is 7.91. The summed E-state index contributed by atoms with van der Waals surface area (Å²) in [5.74, 6) is 1.10. The molecule has 0 saturated heterocycles. The van der Waals surface area contributed by atoms with Gasteiger partial charge in [0.2, 0.25) is 0 Å². The number of aromatic nitrogens is 2. The number of rotatable bonds is 0. The van der Waals surface area contributed by atoms with Crippen LogP contribution in [0.3, 0.4) is 0 Å². The molecular formula is C26H15IN2S. The fraction of sp³-hybridized carbons (Fsp3) is 0.0385. The van der Waals surface area contributed by atoms with Crippen molar-refractivity contribution in [1.29, 1.82) is 0 Å². The third-order valence-corrected chi connectivity index (χ3v) is 8.13. The molecule has 0 saturated carbocycles. The van der Waals surface area contributed by atoms with Crippen LogP contribution in [0.25, 0.3) is 16.7 Å². The van der Waals surface area contributed by atoms with Crippen molar-refractivity contribution < 1.29 is 0 Å². The fourth-order valence-electron chi connectivity index (χ4n) is 5.18. The van der Waals surface area contributed by atoms with Gasteiger partial charge >= 0.3 is 0 Å². The summed E-state index contributed by atoms with van der Waals surface area (Å²) in [6, 6.07) is 33.0. The van der Waals surface area contributed by atoms with E-state index in [-0.39, 0.29) is 0 Å². The lowest BCUT2D eigenvalue weighted by Gasteiger charge is -2.37. The molecule has 0 radical (unpaired) electrons. The Hall–Kier alpha value is -2.57. The Labute approximate surface area is 192 Å². The maximum absolute atomic E-state index is 5.29. The smallest absolute Gasteiger partial charge is 0.134 e. The van der Waals surface area contributed by atoms with Gasteiger partial charge in [0.25, 0.3) is 0 Å². The molecule has 7 rings (SSSR count). The van der Waals surface area contributed by atoms with Gasteiger partial charge in [-0.15, -0.1) is 0 Å². The number of para-hydroxylation sites is 1. The second kappa shape index (κ2) is 5.99. The van der Waals surface area contributed by atoms with E-state index < -0.39 is 5.41 Å². The maximum atomic E-state index is 5.29. The highest BCUT2D eigenvalue weighted by Crippen LogP contribution is 2.59. The molecule has 1 spiro atoms. The summed E-state index contributed by atoms with van der Waals surface area (Å²) < 4.78 is 3.59. The highest BCUT2D eigenvalue weighted by molar-refractivity contribution is 14.1. The van der Waals surface area contributed by atoms with Gasteiger partial charge in [-0.3, -0.25) is 4.57 Å². The molecule has 0 amide bonds. The minimum atomic E-state index is -0.403. The minimum Gasteiger partial charge on any atom is -0.295 e. The van der Waals surface area contributed by atoms with Crippen LogP contribution in [0.4, 0.5) is 0 Å². The fourth-order valence-corrected chi connectivity index (χ4v) is 6.85. The van der Waals surface area contributed by atoms with Gasteiger partial charge in [-0.25, -0.2) is 4.98 Å². The largest absolute Gasteiger partial charge is 0.295 e. The Bertz CT molecular complexity index is 1450. The van der Waals surface area contributed by atoms with E-state index in [1.807, 2.05) is 11.8 Å². The first-order valence-corrected chi connectivity index (χ1v) is 11.8. The quantitative estimate of drug-likeness (QED) is 0.208. The van der Waals surface area contributed by atoms with Crippen molar-refractivity contribution in [2.45, 2.75) is 15.2 Å². The Balaban J connectivity index is 1.74. The third kappa shape index (κ3) is 1.99. The van der Waals surface area contributed by atoms with Gasteiger partial charge in [-0.2, -0.15) is 0 Å². The summed E-state index contributed by atoms with van der Waals surface area (Å²) in [6.45, 7) is 0. The monoisotopic (exact) mass is 514 g/mol. The van der Waals surface area contributed by atoms with Gasteiger partial charge in [-0.1, -0.05) is 66.4 Å². The van der Waals surface area contributed by atoms with Crippen LogP contribution in [0.2, 0.25) is 0 Å². The average molecular weight is 514 g/mol. The molecule has 5 aromatic rings. The van der Waals surface area contributed by atoms with Crippen molar-refractivity contribution in [3.05, 3.63) is 117 Å². The van der Waals surface area contributed by atoms with Crippen LogP contribution < -0.4 is 0 Å². The molecule has 30 heavy (non-hydrogen) atoms. The zero-order chi connectivity index (χ0) is 19.9. The van der Waals surface area contributed by atoms with Crippen LogP contribution >= 0.6 is 34.4 Å². The molecule has 2 aliphatic heterocycles. The number of halogens is 1. The van der Waals surface area contributed by atoms with Gasteiger partial charge in [0.15, 0.2) is 0 Å². The van der Waals surface area contributed by atoms with Crippen LogP contribution in [0, 0.1) is 3.57 Å². The van der Waals surface area contributed by atoms with Crippen molar-refractivity contribution in [2.24, 2.45) is 0 Å². The van der Waals surface area contributed by atoms with E-state index in [0.717, 1.165) is 11.3 Å². The second-order valence-corrected chi connectivity index (χ2v) is 10.1. The molecule has 0 atom stereocenters. The molecule has 0 bridgehead atoms. The topological polar surface area (TPSA) is 17.8 Å². The van der Waals surface area contributed by atoms with E-state index in [2.05, 4.69) is 118 Å². The summed E-state index contributed by atoms with van der Waals surface area (Å²) >= 11 is 4.24. The predicted molar refractivity (Wildman–Crippen MR) is 130 cm³/mol. The Morgan fingerprint density at radius 3 is 2.10 bits per heavy atom. The molecule has 3 heterocycles. The Morgan fingerprint density at radius 2 is 1.37 bits per heavy atom. The minimum absolute atomic E-state index is 0.403. The first kappa shape index (κ1) is 17.1. The normalized spacial score (nSPS) is 15.0. The highest BCUT2D eigenvalue weighted by atomic mass is 127. The van der Waals surface area contributed by atoms with Crippen molar-refractivity contribution in [1.82, 2.24) is 9.55 Å². The van der Waals surface area contributed by atoms with E-state index >= 15 is 0 Å². The first-order valence-electron chi connectivity index (χ1n) is 9.94. The summed E-state index contributed by atoms with van der Waals surface area (Å²) in [5.41, 5.74) is 7.01. The summed E-state index contributed by atoms with van der Waals surface area (Å²) in [5, 5.41) is 0. The number of fused-ring (bicyclic) bond motifs is 11. The van der Waals surface area contributed by atoms with Crippen molar-refractivity contribution in [2.75, 3.05) is 0 Å². The van der Waals surface area contributed by atoms with Crippen LogP contribution in [-0.2, 0) is 5.41 Å². The van der Waals surface area contributed by atoms with Crippen LogP contribution in [0.1, 0.15) is 22.5 Å². The number of hydrogen-bond acceptors (Lipinski definition) is 2. The summed E-state index contributed by atoms with van der Waals surface area (Å²) in [6.07, 6.45) is 0. The standard InChI is InChI=1S/C26H15IN2S/c27-16-13-14-22-20(15-16)28-25-26(17-7-1-4-10-21(17)29(22)25)18-8-2-5-11-23(18)30-24-12-6-3-9-19(24)26/h1-15H. The Kier molecular flexibility index (Phi) is 3.42. The lowest BCUT2D eigenvalue weighted by Crippen LogP contribution is -2.32. The third-order valence-electron chi connectivity index (χ3n) is 6.30. The number of imidazole rings is 1. The van der Waals surface area contributed by atoms with Crippen LogP contribution in [0.15, 0.2) is 101 Å². The lowest BCUT2D eigenvalue weighted by atomic mass is 9.69. The van der Waals surface area contributed by atoms with Gasteiger partial charge in [0.1, 0.15) is 11.2 Å². The Morgan fingerprint density at radius 1 is 0.733 bits per heavy atom. The molecule has 4 aromatic carbocycles. The highest BCUT2D eigenvalue weighted by Gasteiger charge is 2.52. The average Bonchev–Trinajstić information content (AvgIpc) is 3.28. The molecule has 2 nitrogen and oxygen atoms in total. The van der Waals surface area contributed by atoms with Gasteiger partial charge in [0.05, 0.1) is 16.7 Å². The number of hydrogen-bond donors (Lipinski definition) is 0. The zero-order valence-electron chi connectivity index (χ0n) is 15.8. The van der Waals surface area contributed by atoms with E-state index in [1.165, 1.54) is 41.3 Å². The predicted octanol–water partition coefficient (Wildman–Crippen LogP) is 6.79. The SMILES string of the molecule is Ic1ccc2c(c1)nc1n2-c2ccccc2C12c1ccccc1Sc1ccccc12. The van der Waals surface area contributed by atoms with E-state index in [0.29, 0.717) is 0 Å². The van der Waals surface area contributed by atoms with Crippen molar-refractivity contribution in [3.8, 4) is 5.69 Å². The molecule has 0 unspecified atom stereocenters. The number of benzene rings is 4. The van der Waals surface area contributed by atoms with Gasteiger partial charge in [0, 0.05) is 13.4 Å². The first-order chi connectivity index (χ1) is 14.8. The van der Waals surface area contributed by atoms with Crippen LogP contribution in [-0.4, -0.2) is 9.55 Å². The maximum Gasteiger partial charge on any atom is 0.134 e.